The predicted molar refractivity (Wildman–Crippen MR) is 119 cm³/mol. The Kier molecular flexibility index (Phi) is 5.93. The van der Waals surface area contributed by atoms with E-state index in [0.717, 1.165) is 17.0 Å². The van der Waals surface area contributed by atoms with Gasteiger partial charge in [-0.15, -0.1) is 10.2 Å². The second-order valence-corrected chi connectivity index (χ2v) is 8.39. The first-order chi connectivity index (χ1) is 14.9. The van der Waals surface area contributed by atoms with Crippen LogP contribution in [0, 0.1) is 19.7 Å². The van der Waals surface area contributed by atoms with Gasteiger partial charge in [-0.25, -0.2) is 4.39 Å². The third-order valence-corrected chi connectivity index (χ3v) is 6.29. The van der Waals surface area contributed by atoms with Crippen molar-refractivity contribution < 1.29 is 9.18 Å². The Morgan fingerprint density at radius 1 is 1.19 bits per heavy atom. The van der Waals surface area contributed by atoms with Gasteiger partial charge in [0.05, 0.1) is 10.8 Å². The minimum atomic E-state index is -0.477. The van der Waals surface area contributed by atoms with Crippen molar-refractivity contribution in [1.29, 1.82) is 0 Å². The molecule has 0 atom stereocenters. The molecule has 4 aromatic rings. The van der Waals surface area contributed by atoms with Crippen molar-refractivity contribution in [3.8, 4) is 17.1 Å². The predicted octanol–water partition coefficient (Wildman–Crippen LogP) is 5.05. The lowest BCUT2D eigenvalue weighted by molar-refractivity contribution is 0.102. The summed E-state index contributed by atoms with van der Waals surface area (Å²) in [5.74, 6) is 0.404. The van der Waals surface area contributed by atoms with Crippen LogP contribution in [-0.4, -0.2) is 35.9 Å². The van der Waals surface area contributed by atoms with E-state index >= 15 is 0 Å². The summed E-state index contributed by atoms with van der Waals surface area (Å²) < 4.78 is 17.3. The molecule has 0 unspecified atom stereocenters. The number of nitrogens with zero attached hydrogens (tertiary/aromatic N) is 5. The third-order valence-electron chi connectivity index (χ3n) is 4.98. The number of aryl methyl sites for hydroxylation is 1. The van der Waals surface area contributed by atoms with Crippen LogP contribution in [0.5, 0.6) is 0 Å². The van der Waals surface area contributed by atoms with Crippen LogP contribution in [-0.2, 0) is 7.05 Å². The number of rotatable bonds is 6. The van der Waals surface area contributed by atoms with Gasteiger partial charge in [0.2, 0.25) is 0 Å². The Balaban J connectivity index is 1.54. The maximum absolute atomic E-state index is 13.5. The SMILES string of the molecule is Cc1cc(C(=O)CSc2nnc(-c3cccnc3)n2C)c(C)n1-c1ccc(F)c(Cl)c1. The average Bonchev–Trinajstić information content (AvgIpc) is 3.28. The summed E-state index contributed by atoms with van der Waals surface area (Å²) in [5.41, 5.74) is 3.82. The summed E-state index contributed by atoms with van der Waals surface area (Å²) in [4.78, 5) is 17.1. The van der Waals surface area contributed by atoms with E-state index in [-0.39, 0.29) is 16.6 Å². The summed E-state index contributed by atoms with van der Waals surface area (Å²) in [6, 6.07) is 10.1. The molecule has 0 aliphatic carbocycles. The van der Waals surface area contributed by atoms with Gasteiger partial charge in [0.1, 0.15) is 5.82 Å². The molecular weight excluding hydrogens is 437 g/mol. The molecule has 0 fully saturated rings. The molecule has 0 saturated heterocycles. The van der Waals surface area contributed by atoms with Gasteiger partial charge < -0.3 is 9.13 Å². The fourth-order valence-corrected chi connectivity index (χ4v) is 4.43. The number of halogens is 2. The number of carbonyl (C=O) groups is 1. The first-order valence-electron chi connectivity index (χ1n) is 9.47. The molecule has 31 heavy (non-hydrogen) atoms. The molecule has 0 spiro atoms. The van der Waals surface area contributed by atoms with Crippen molar-refractivity contribution in [3.05, 3.63) is 76.6 Å². The van der Waals surface area contributed by atoms with Crippen LogP contribution >= 0.6 is 23.4 Å². The summed E-state index contributed by atoms with van der Waals surface area (Å²) in [5, 5.41) is 9.12. The number of hydrogen-bond donors (Lipinski definition) is 0. The lowest BCUT2D eigenvalue weighted by Crippen LogP contribution is -2.06. The number of hydrogen-bond acceptors (Lipinski definition) is 5. The number of carbonyl (C=O) groups excluding carboxylic acids is 1. The fraction of sp³-hybridized carbons (Fsp3) is 0.182. The Morgan fingerprint density at radius 3 is 2.71 bits per heavy atom. The Hall–Kier alpha value is -2.97. The Bertz CT molecular complexity index is 1270. The van der Waals surface area contributed by atoms with Crippen molar-refractivity contribution in [2.75, 3.05) is 5.75 Å². The van der Waals surface area contributed by atoms with Crippen molar-refractivity contribution in [1.82, 2.24) is 24.3 Å². The molecule has 0 N–H and O–H groups in total. The van der Waals surface area contributed by atoms with Gasteiger partial charge in [-0.2, -0.15) is 0 Å². The molecule has 4 rings (SSSR count). The zero-order chi connectivity index (χ0) is 22.1. The van der Waals surface area contributed by atoms with Crippen LogP contribution in [0.15, 0.2) is 53.9 Å². The molecule has 3 aromatic heterocycles. The molecule has 1 aromatic carbocycles. The summed E-state index contributed by atoms with van der Waals surface area (Å²) in [6.07, 6.45) is 3.42. The number of pyridine rings is 1. The molecular formula is C22H19ClFN5OS. The van der Waals surface area contributed by atoms with Gasteiger partial charge in [0.25, 0.3) is 0 Å². The number of aromatic nitrogens is 5. The topological polar surface area (TPSA) is 65.6 Å². The average molecular weight is 456 g/mol. The van der Waals surface area contributed by atoms with E-state index in [2.05, 4.69) is 15.2 Å². The van der Waals surface area contributed by atoms with Crippen molar-refractivity contribution in [3.63, 3.8) is 0 Å². The highest BCUT2D eigenvalue weighted by Gasteiger charge is 2.19. The van der Waals surface area contributed by atoms with Crippen LogP contribution in [0.25, 0.3) is 17.1 Å². The zero-order valence-corrected chi connectivity index (χ0v) is 18.7. The third kappa shape index (κ3) is 4.13. The highest BCUT2D eigenvalue weighted by Crippen LogP contribution is 2.27. The second-order valence-electron chi connectivity index (χ2n) is 7.04. The maximum atomic E-state index is 13.5. The number of Topliss-reactive ketones (excluding diaryl/α,β-unsaturated/α-hetero) is 1. The van der Waals surface area contributed by atoms with E-state index in [0.29, 0.717) is 22.2 Å². The first-order valence-corrected chi connectivity index (χ1v) is 10.8. The van der Waals surface area contributed by atoms with Crippen molar-refractivity contribution >= 4 is 29.1 Å². The molecule has 3 heterocycles. The van der Waals surface area contributed by atoms with Gasteiger partial charge in [-0.05, 0) is 50.2 Å². The fourth-order valence-electron chi connectivity index (χ4n) is 3.46. The zero-order valence-electron chi connectivity index (χ0n) is 17.1. The highest BCUT2D eigenvalue weighted by atomic mass is 35.5. The Labute approximate surface area is 188 Å². The first kappa shape index (κ1) is 21.3. The molecule has 0 amide bonds. The molecule has 0 aliphatic heterocycles. The highest BCUT2D eigenvalue weighted by molar-refractivity contribution is 7.99. The Morgan fingerprint density at radius 2 is 2.00 bits per heavy atom. The van der Waals surface area contributed by atoms with E-state index < -0.39 is 5.82 Å². The number of ketones is 1. The summed E-state index contributed by atoms with van der Waals surface area (Å²) in [6.45, 7) is 3.77. The monoisotopic (exact) mass is 455 g/mol. The normalized spacial score (nSPS) is 11.1. The largest absolute Gasteiger partial charge is 0.318 e. The van der Waals surface area contributed by atoms with Crippen LogP contribution < -0.4 is 0 Å². The van der Waals surface area contributed by atoms with E-state index in [1.54, 1.807) is 24.5 Å². The van der Waals surface area contributed by atoms with E-state index in [4.69, 9.17) is 11.6 Å². The van der Waals surface area contributed by atoms with Gasteiger partial charge in [0, 0.05) is 47.6 Å². The molecule has 0 aliphatic rings. The van der Waals surface area contributed by atoms with E-state index in [1.165, 1.54) is 17.8 Å². The van der Waals surface area contributed by atoms with Gasteiger partial charge in [-0.1, -0.05) is 23.4 Å². The molecule has 0 bridgehead atoms. The minimum Gasteiger partial charge on any atom is -0.318 e. The lowest BCUT2D eigenvalue weighted by atomic mass is 10.2. The van der Waals surface area contributed by atoms with Crippen molar-refractivity contribution in [2.24, 2.45) is 7.05 Å². The van der Waals surface area contributed by atoms with Crippen molar-refractivity contribution in [2.45, 2.75) is 19.0 Å². The standard InChI is InChI=1S/C22H19ClFN5OS/c1-13-9-17(14(2)29(13)16-6-7-19(24)18(23)10-16)20(30)12-31-22-27-26-21(28(22)3)15-5-4-8-25-11-15/h4-11H,12H2,1-3H3. The van der Waals surface area contributed by atoms with E-state index in [9.17, 15) is 9.18 Å². The smallest absolute Gasteiger partial charge is 0.191 e. The minimum absolute atomic E-state index is 0.0245. The summed E-state index contributed by atoms with van der Waals surface area (Å²) in [7, 11) is 1.86. The molecule has 9 heteroatoms. The summed E-state index contributed by atoms with van der Waals surface area (Å²) >= 11 is 7.27. The van der Waals surface area contributed by atoms with Crippen LogP contribution in [0.3, 0.4) is 0 Å². The molecule has 0 saturated carbocycles. The quantitative estimate of drug-likeness (QED) is 0.300. The van der Waals surface area contributed by atoms with E-state index in [1.807, 2.05) is 48.2 Å². The van der Waals surface area contributed by atoms with Gasteiger partial charge in [-0.3, -0.25) is 9.78 Å². The van der Waals surface area contributed by atoms with Gasteiger partial charge >= 0.3 is 0 Å². The number of thioether (sulfide) groups is 1. The molecule has 6 nitrogen and oxygen atoms in total. The van der Waals surface area contributed by atoms with Gasteiger partial charge in [0.15, 0.2) is 16.8 Å². The number of benzene rings is 1. The molecule has 0 radical (unpaired) electrons. The van der Waals surface area contributed by atoms with Crippen LogP contribution in [0.2, 0.25) is 5.02 Å². The molecule has 158 valence electrons. The lowest BCUT2D eigenvalue weighted by Gasteiger charge is -2.10. The second kappa shape index (κ2) is 8.64. The van der Waals surface area contributed by atoms with Crippen LogP contribution in [0.4, 0.5) is 4.39 Å². The maximum Gasteiger partial charge on any atom is 0.191 e. The van der Waals surface area contributed by atoms with Crippen LogP contribution in [0.1, 0.15) is 21.7 Å².